The Kier molecular flexibility index (Phi) is 5.03. The highest BCUT2D eigenvalue weighted by atomic mass is 19.1. The van der Waals surface area contributed by atoms with Crippen molar-refractivity contribution in [2.24, 2.45) is 0 Å². The van der Waals surface area contributed by atoms with Crippen LogP contribution in [-0.4, -0.2) is 31.7 Å². The number of rotatable bonds is 2. The van der Waals surface area contributed by atoms with Crippen molar-refractivity contribution in [2.45, 2.75) is 40.0 Å². The van der Waals surface area contributed by atoms with E-state index in [2.05, 4.69) is 10.1 Å². The van der Waals surface area contributed by atoms with Crippen molar-refractivity contribution in [3.63, 3.8) is 0 Å². The van der Waals surface area contributed by atoms with Crippen LogP contribution < -0.4 is 15.2 Å². The topological polar surface area (TPSA) is 93.0 Å². The molecule has 0 amide bonds. The molecule has 0 radical (unpaired) electrons. The molecule has 4 heterocycles. The Bertz CT molecular complexity index is 1360. The normalized spacial score (nSPS) is 14.9. The monoisotopic (exact) mass is 448 g/mol. The summed E-state index contributed by atoms with van der Waals surface area (Å²) in [4.78, 5) is 4.37. The summed E-state index contributed by atoms with van der Waals surface area (Å²) in [6.45, 7) is 6.86. The van der Waals surface area contributed by atoms with Gasteiger partial charge in [0.05, 0.1) is 36.3 Å². The third kappa shape index (κ3) is 3.49. The van der Waals surface area contributed by atoms with Gasteiger partial charge in [-0.2, -0.15) is 5.10 Å². The first-order chi connectivity index (χ1) is 15.9. The molecule has 4 aromatic rings. The predicted molar refractivity (Wildman–Crippen MR) is 123 cm³/mol. The lowest BCUT2D eigenvalue weighted by atomic mass is 9.99. The van der Waals surface area contributed by atoms with Gasteiger partial charge in [-0.3, -0.25) is 9.36 Å². The summed E-state index contributed by atoms with van der Waals surface area (Å²) >= 11 is 0. The van der Waals surface area contributed by atoms with Crippen LogP contribution in [0.3, 0.4) is 0 Å². The number of nitrogens with zero attached hydrogens (tertiary/aromatic N) is 5. The second kappa shape index (κ2) is 7.91. The lowest BCUT2D eigenvalue weighted by Crippen LogP contribution is -2.12. The number of pyridine rings is 1. The van der Waals surface area contributed by atoms with E-state index in [-0.39, 0.29) is 11.6 Å². The van der Waals surface area contributed by atoms with E-state index in [0.717, 1.165) is 33.8 Å². The zero-order valence-corrected chi connectivity index (χ0v) is 19.0. The zero-order chi connectivity index (χ0) is 23.3. The van der Waals surface area contributed by atoms with Gasteiger partial charge in [-0.15, -0.1) is 5.10 Å². The molecule has 2 N–H and O–H groups in total. The molecule has 0 aliphatic carbocycles. The van der Waals surface area contributed by atoms with Gasteiger partial charge in [0.25, 0.3) is 0 Å². The molecule has 5 rings (SSSR count). The number of aromatic nitrogens is 5. The molecule has 0 saturated carbocycles. The van der Waals surface area contributed by atoms with Crippen molar-refractivity contribution in [3.05, 3.63) is 59.2 Å². The Hall–Kier alpha value is -3.88. The second-order valence-electron chi connectivity index (χ2n) is 8.08. The Morgan fingerprint density at radius 3 is 2.82 bits per heavy atom. The molecule has 8 nitrogen and oxygen atoms in total. The summed E-state index contributed by atoms with van der Waals surface area (Å²) in [5, 5.41) is 9.38. The molecule has 0 saturated heterocycles. The molecule has 0 unspecified atom stereocenters. The number of hydrogen-bond donors (Lipinski definition) is 1. The number of nitrogen functional groups attached to an aromatic ring is 1. The summed E-state index contributed by atoms with van der Waals surface area (Å²) in [5.74, 6) is 0.855. The number of ether oxygens (including phenoxy) is 2. The highest BCUT2D eigenvalue weighted by Gasteiger charge is 2.26. The molecule has 170 valence electrons. The first kappa shape index (κ1) is 21.0. The molecular weight excluding hydrogens is 423 g/mol. The minimum atomic E-state index is -0.483. The first-order valence-electron chi connectivity index (χ1n) is 10.8. The quantitative estimate of drug-likeness (QED) is 0.490. The fraction of sp³-hybridized carbons (Fsp3) is 0.292. The molecule has 0 fully saturated rings. The number of methoxy groups -OCH3 is 1. The first-order valence-corrected chi connectivity index (χ1v) is 10.8. The summed E-state index contributed by atoms with van der Waals surface area (Å²) in [5.41, 5.74) is 11.9. The smallest absolute Gasteiger partial charge is 0.238 e. The van der Waals surface area contributed by atoms with E-state index in [1.807, 2.05) is 42.3 Å². The van der Waals surface area contributed by atoms with Gasteiger partial charge in [-0.25, -0.2) is 9.37 Å². The highest BCUT2D eigenvalue weighted by Crippen LogP contribution is 2.39. The Labute approximate surface area is 190 Å². The van der Waals surface area contributed by atoms with E-state index in [1.165, 1.54) is 12.1 Å². The molecule has 9 heteroatoms. The van der Waals surface area contributed by atoms with Gasteiger partial charge in [-0.1, -0.05) is 0 Å². The van der Waals surface area contributed by atoms with Gasteiger partial charge in [-0.05, 0) is 51.1 Å². The van der Waals surface area contributed by atoms with E-state index in [4.69, 9.17) is 20.3 Å². The molecular formula is C24H25FN6O2. The predicted octanol–water partition coefficient (Wildman–Crippen LogP) is 4.37. The zero-order valence-electron chi connectivity index (χ0n) is 19.0. The van der Waals surface area contributed by atoms with Crippen molar-refractivity contribution in [2.75, 3.05) is 12.8 Å². The van der Waals surface area contributed by atoms with Crippen LogP contribution in [0.5, 0.6) is 11.6 Å². The number of hydrogen-bond acceptors (Lipinski definition) is 6. The third-order valence-corrected chi connectivity index (χ3v) is 5.90. The lowest BCUT2D eigenvalue weighted by Gasteiger charge is -2.21. The molecule has 1 atom stereocenters. The Morgan fingerprint density at radius 1 is 1.24 bits per heavy atom. The van der Waals surface area contributed by atoms with Crippen LogP contribution in [0.1, 0.15) is 36.8 Å². The van der Waals surface area contributed by atoms with Gasteiger partial charge >= 0.3 is 0 Å². The van der Waals surface area contributed by atoms with Crippen LogP contribution in [0, 0.1) is 12.7 Å². The van der Waals surface area contributed by atoms with Crippen molar-refractivity contribution >= 4 is 5.82 Å². The van der Waals surface area contributed by atoms with E-state index < -0.39 is 6.10 Å². The summed E-state index contributed by atoms with van der Waals surface area (Å²) in [6.07, 6.45) is 1.22. The number of aryl methyl sites for hydroxylation is 2. The maximum absolute atomic E-state index is 14.3. The van der Waals surface area contributed by atoms with E-state index >= 15 is 0 Å². The third-order valence-electron chi connectivity index (χ3n) is 5.90. The van der Waals surface area contributed by atoms with Crippen molar-refractivity contribution in [3.8, 4) is 34.1 Å². The SMILES string of the molecule is CCn1nc(OC)c2c1-c1cnc(N)c(c1)O[C@H](C)c1cc(F)ccc1-c1cc(C)nn1C2. The number of benzene rings is 1. The molecule has 1 aliphatic heterocycles. The van der Waals surface area contributed by atoms with Gasteiger partial charge in [0.2, 0.25) is 5.88 Å². The van der Waals surface area contributed by atoms with Crippen LogP contribution in [0.4, 0.5) is 10.2 Å². The molecule has 0 spiro atoms. The maximum atomic E-state index is 14.3. The van der Waals surface area contributed by atoms with E-state index in [9.17, 15) is 4.39 Å². The molecule has 3 aromatic heterocycles. The van der Waals surface area contributed by atoms with Crippen LogP contribution in [0.2, 0.25) is 0 Å². The Balaban J connectivity index is 1.84. The Morgan fingerprint density at radius 2 is 2.06 bits per heavy atom. The van der Waals surface area contributed by atoms with Crippen molar-refractivity contribution in [1.29, 1.82) is 0 Å². The van der Waals surface area contributed by atoms with E-state index in [0.29, 0.717) is 30.3 Å². The van der Waals surface area contributed by atoms with Crippen LogP contribution in [0.15, 0.2) is 36.5 Å². The van der Waals surface area contributed by atoms with Crippen molar-refractivity contribution < 1.29 is 13.9 Å². The van der Waals surface area contributed by atoms with Gasteiger partial charge in [0, 0.05) is 29.4 Å². The number of halogens is 1. The number of fused-ring (bicyclic) bond motifs is 7. The maximum Gasteiger partial charge on any atom is 0.238 e. The average Bonchev–Trinajstić information content (AvgIpc) is 3.34. The minimum Gasteiger partial charge on any atom is -0.482 e. The highest BCUT2D eigenvalue weighted by molar-refractivity contribution is 5.71. The summed E-state index contributed by atoms with van der Waals surface area (Å²) in [7, 11) is 1.60. The largest absolute Gasteiger partial charge is 0.482 e. The summed E-state index contributed by atoms with van der Waals surface area (Å²) < 4.78 is 30.0. The van der Waals surface area contributed by atoms with Gasteiger partial charge < -0.3 is 15.2 Å². The standard InChI is InChI=1S/C24H25FN6O2/c1-5-30-22-15-9-21(23(26)27-11-15)33-14(3)18-10-16(25)6-7-17(18)20-8-13(2)28-31(20)12-19(22)24(29-30)32-4/h6-11,14H,5,12H2,1-4H3,(H2,26,27)/t14-/m1/s1. The molecule has 2 bridgehead atoms. The van der Waals surface area contributed by atoms with Crippen LogP contribution in [0.25, 0.3) is 22.5 Å². The second-order valence-corrected chi connectivity index (χ2v) is 8.08. The summed E-state index contributed by atoms with van der Waals surface area (Å²) in [6, 6.07) is 8.53. The van der Waals surface area contributed by atoms with Gasteiger partial charge in [0.15, 0.2) is 11.6 Å². The molecule has 33 heavy (non-hydrogen) atoms. The molecule has 1 aromatic carbocycles. The lowest BCUT2D eigenvalue weighted by molar-refractivity contribution is 0.227. The van der Waals surface area contributed by atoms with Gasteiger partial charge in [0.1, 0.15) is 11.9 Å². The van der Waals surface area contributed by atoms with Crippen LogP contribution >= 0.6 is 0 Å². The van der Waals surface area contributed by atoms with E-state index in [1.54, 1.807) is 19.4 Å². The fourth-order valence-electron chi connectivity index (χ4n) is 4.40. The fourth-order valence-corrected chi connectivity index (χ4v) is 4.40. The minimum absolute atomic E-state index is 0.262. The number of nitrogens with two attached hydrogens (primary N) is 1. The number of anilines is 1. The molecule has 1 aliphatic rings. The van der Waals surface area contributed by atoms with Crippen LogP contribution in [-0.2, 0) is 13.1 Å². The van der Waals surface area contributed by atoms with Crippen molar-refractivity contribution in [1.82, 2.24) is 24.5 Å². The average molecular weight is 449 g/mol.